The van der Waals surface area contributed by atoms with Crippen LogP contribution in [0.15, 0.2) is 34.4 Å². The van der Waals surface area contributed by atoms with Crippen LogP contribution < -0.4 is 0 Å². The van der Waals surface area contributed by atoms with Crippen LogP contribution in [0.25, 0.3) is 0 Å². The van der Waals surface area contributed by atoms with Crippen LogP contribution in [-0.2, 0) is 19.2 Å². The minimum atomic E-state index is 0.120. The Kier molecular flexibility index (Phi) is 9.71. The van der Waals surface area contributed by atoms with E-state index < -0.39 is 0 Å². The Hall–Kier alpha value is -0.109. The van der Waals surface area contributed by atoms with Gasteiger partial charge in [0.05, 0.1) is 0 Å². The van der Waals surface area contributed by atoms with Gasteiger partial charge in [-0.1, -0.05) is 27.7 Å². The van der Waals surface area contributed by atoms with E-state index in [1.54, 1.807) is 0 Å². The Morgan fingerprint density at radius 1 is 0.889 bits per heavy atom. The Morgan fingerprint density at radius 2 is 1.17 bits per heavy atom. The predicted octanol–water partition coefficient (Wildman–Crippen LogP) is 4.96. The molecule has 2 aliphatic carbocycles. The van der Waals surface area contributed by atoms with Crippen molar-refractivity contribution in [1.29, 1.82) is 0 Å². The maximum absolute atomic E-state index is 3.19. The molecular weight excluding hydrogens is 268 g/mol. The van der Waals surface area contributed by atoms with Crippen LogP contribution in [-0.4, -0.2) is 6.19 Å². The molecule has 0 aromatic carbocycles. The first-order chi connectivity index (χ1) is 8.31. The van der Waals surface area contributed by atoms with Crippen LogP contribution >= 0.6 is 0 Å². The molecule has 0 spiro atoms. The van der Waals surface area contributed by atoms with E-state index in [2.05, 4.69) is 84.3 Å². The zero-order valence-electron chi connectivity index (χ0n) is 12.6. The third kappa shape index (κ3) is 11.0. The van der Waals surface area contributed by atoms with Gasteiger partial charge < -0.3 is 0 Å². The zero-order valence-corrected chi connectivity index (χ0v) is 15.1. The molecule has 0 amide bonds. The SMILES string of the molecule is CC1=[C-]CC(C)=C1.CC1=[C-]CC(C)=C1.C[Si](C)=[Ti+2]. The van der Waals surface area contributed by atoms with Crippen LogP contribution in [0.2, 0.25) is 13.1 Å². The van der Waals surface area contributed by atoms with Crippen molar-refractivity contribution in [2.24, 2.45) is 0 Å². The van der Waals surface area contributed by atoms with E-state index in [4.69, 9.17) is 0 Å². The molecule has 96 valence electrons. The van der Waals surface area contributed by atoms with Crippen LogP contribution in [0, 0.1) is 12.2 Å². The van der Waals surface area contributed by atoms with Crippen LogP contribution in [0.3, 0.4) is 0 Å². The summed E-state index contributed by atoms with van der Waals surface area (Å²) in [7, 11) is 0. The Balaban J connectivity index is 0.000000253. The van der Waals surface area contributed by atoms with Gasteiger partial charge in [0.25, 0.3) is 0 Å². The van der Waals surface area contributed by atoms with Crippen LogP contribution in [0.4, 0.5) is 0 Å². The van der Waals surface area contributed by atoms with Gasteiger partial charge in [-0.05, 0) is 0 Å². The fourth-order valence-electron chi connectivity index (χ4n) is 1.50. The fourth-order valence-corrected chi connectivity index (χ4v) is 1.50. The molecular formula is C16H24SiTi. The standard InChI is InChI=1S/2C7H9.C2H6Si.Ti/c2*1-6-3-4-7(2)5-6;1-3-2;/h2*5H,3H2,1-2H3;1-2H3;/q2*-1;;+2. The van der Waals surface area contributed by atoms with Crippen molar-refractivity contribution in [3.05, 3.63) is 46.6 Å². The molecule has 0 unspecified atom stereocenters. The van der Waals surface area contributed by atoms with Crippen LogP contribution in [0.1, 0.15) is 40.5 Å². The Labute approximate surface area is 125 Å². The van der Waals surface area contributed by atoms with Gasteiger partial charge >= 0.3 is 38.5 Å². The maximum atomic E-state index is 3.19. The van der Waals surface area contributed by atoms with Crippen molar-refractivity contribution >= 4 is 6.19 Å². The summed E-state index contributed by atoms with van der Waals surface area (Å²) < 4.78 is 0. The summed E-state index contributed by atoms with van der Waals surface area (Å²) in [5, 5.41) is 0. The summed E-state index contributed by atoms with van der Waals surface area (Å²) in [6.45, 7) is 13.0. The first-order valence-electron chi connectivity index (χ1n) is 6.32. The fraction of sp³-hybridized carbons (Fsp3) is 0.500. The third-order valence-electron chi connectivity index (χ3n) is 2.22. The van der Waals surface area contributed by atoms with Crippen molar-refractivity contribution < 1.29 is 19.2 Å². The summed E-state index contributed by atoms with van der Waals surface area (Å²) in [5.74, 6) is 0. The first kappa shape index (κ1) is 17.9. The Bertz CT molecular complexity index is 371. The van der Waals surface area contributed by atoms with E-state index in [-0.39, 0.29) is 6.19 Å². The molecule has 0 bridgehead atoms. The molecule has 2 rings (SSSR count). The van der Waals surface area contributed by atoms with E-state index in [0.29, 0.717) is 0 Å². The van der Waals surface area contributed by atoms with Crippen molar-refractivity contribution in [2.75, 3.05) is 0 Å². The number of hydrogen-bond donors (Lipinski definition) is 0. The normalized spacial score (nSPS) is 16.4. The number of allylic oxidation sites excluding steroid dienone is 8. The van der Waals surface area contributed by atoms with Gasteiger partial charge in [-0.25, -0.2) is 23.3 Å². The van der Waals surface area contributed by atoms with Gasteiger partial charge in [-0.2, -0.15) is 11.1 Å². The molecule has 0 N–H and O–H groups in total. The number of hydrogen-bond acceptors (Lipinski definition) is 0. The predicted molar refractivity (Wildman–Crippen MR) is 79.1 cm³/mol. The van der Waals surface area contributed by atoms with Gasteiger partial charge in [-0.15, -0.1) is 12.8 Å². The molecule has 0 saturated heterocycles. The zero-order chi connectivity index (χ0) is 14.1. The quantitative estimate of drug-likeness (QED) is 0.437. The Morgan fingerprint density at radius 3 is 1.22 bits per heavy atom. The van der Waals surface area contributed by atoms with Crippen LogP contribution in [0.5, 0.6) is 0 Å². The second-order valence-electron chi connectivity index (χ2n) is 5.05. The molecule has 2 aliphatic rings. The third-order valence-corrected chi connectivity index (χ3v) is 2.22. The van der Waals surface area contributed by atoms with Gasteiger partial charge in [0, 0.05) is 0 Å². The van der Waals surface area contributed by atoms with Gasteiger partial charge in [-0.3, -0.25) is 12.2 Å². The average molecular weight is 292 g/mol. The van der Waals surface area contributed by atoms with Gasteiger partial charge in [0.2, 0.25) is 0 Å². The van der Waals surface area contributed by atoms with E-state index in [1.165, 1.54) is 22.3 Å². The summed E-state index contributed by atoms with van der Waals surface area (Å²) in [4.78, 5) is 0. The summed E-state index contributed by atoms with van der Waals surface area (Å²) >= 11 is 2.27. The number of rotatable bonds is 0. The van der Waals surface area contributed by atoms with E-state index in [0.717, 1.165) is 12.8 Å². The van der Waals surface area contributed by atoms with E-state index in [9.17, 15) is 0 Å². The molecule has 0 fully saturated rings. The summed E-state index contributed by atoms with van der Waals surface area (Å²) in [6, 6.07) is 0. The molecule has 0 radical (unpaired) electrons. The topological polar surface area (TPSA) is 0 Å². The monoisotopic (exact) mass is 292 g/mol. The molecule has 0 saturated carbocycles. The van der Waals surface area contributed by atoms with Crippen molar-refractivity contribution in [1.82, 2.24) is 0 Å². The van der Waals surface area contributed by atoms with Crippen molar-refractivity contribution in [3.63, 3.8) is 0 Å². The molecule has 0 atom stereocenters. The molecule has 0 aromatic heterocycles. The molecule has 0 aliphatic heterocycles. The summed E-state index contributed by atoms with van der Waals surface area (Å²) in [6.07, 6.45) is 12.9. The summed E-state index contributed by atoms with van der Waals surface area (Å²) in [5.41, 5.74) is 5.44. The molecule has 0 heterocycles. The molecule has 2 heteroatoms. The first-order valence-corrected chi connectivity index (χ1v) is 11.2. The molecule has 0 nitrogen and oxygen atoms in total. The average Bonchev–Trinajstić information content (AvgIpc) is 2.76. The van der Waals surface area contributed by atoms with Gasteiger partial charge in [0.15, 0.2) is 0 Å². The molecule has 18 heavy (non-hydrogen) atoms. The second-order valence-corrected chi connectivity index (χ2v) is 11.7. The molecule has 0 aromatic rings. The second kappa shape index (κ2) is 9.77. The van der Waals surface area contributed by atoms with E-state index >= 15 is 0 Å². The van der Waals surface area contributed by atoms with Gasteiger partial charge in [0.1, 0.15) is 0 Å². The minimum absolute atomic E-state index is 0.120. The van der Waals surface area contributed by atoms with Crippen molar-refractivity contribution in [3.8, 4) is 0 Å². The van der Waals surface area contributed by atoms with Crippen molar-refractivity contribution in [2.45, 2.75) is 53.6 Å². The van der Waals surface area contributed by atoms with E-state index in [1.807, 2.05) is 0 Å².